The van der Waals surface area contributed by atoms with Gasteiger partial charge >= 0.3 is 0 Å². The molecule has 0 unspecified atom stereocenters. The van der Waals surface area contributed by atoms with Gasteiger partial charge in [0.2, 0.25) is 5.95 Å². The van der Waals surface area contributed by atoms with Crippen LogP contribution in [-0.4, -0.2) is 38.2 Å². The molecule has 0 bridgehead atoms. The average Bonchev–Trinajstić information content (AvgIpc) is 2.98. The highest BCUT2D eigenvalue weighted by molar-refractivity contribution is 5.78. The summed E-state index contributed by atoms with van der Waals surface area (Å²) < 4.78 is 0. The van der Waals surface area contributed by atoms with Crippen molar-refractivity contribution in [3.8, 4) is 0 Å². The third kappa shape index (κ3) is 2.65. The van der Waals surface area contributed by atoms with E-state index in [1.54, 1.807) is 6.20 Å². The Hall–Kier alpha value is -2.50. The van der Waals surface area contributed by atoms with Gasteiger partial charge in [-0.15, -0.1) is 0 Å². The van der Waals surface area contributed by atoms with E-state index in [4.69, 9.17) is 0 Å². The van der Waals surface area contributed by atoms with Gasteiger partial charge in [0.05, 0.1) is 0 Å². The molecule has 0 aliphatic carbocycles. The van der Waals surface area contributed by atoms with Crippen LogP contribution in [0.15, 0.2) is 24.4 Å². The first-order valence-corrected chi connectivity index (χ1v) is 8.07. The van der Waals surface area contributed by atoms with Crippen molar-refractivity contribution in [2.24, 2.45) is 0 Å². The summed E-state index contributed by atoms with van der Waals surface area (Å²) in [4.78, 5) is 15.8. The van der Waals surface area contributed by atoms with Crippen LogP contribution in [0.5, 0.6) is 0 Å². The number of hydrogen-bond donors (Lipinski definition) is 1. The molecule has 0 aromatic carbocycles. The number of aromatic amines is 1. The topological polar surface area (TPSA) is 70.6 Å². The molecule has 1 N–H and O–H groups in total. The van der Waals surface area contributed by atoms with Crippen LogP contribution < -0.4 is 4.90 Å². The lowest BCUT2D eigenvalue weighted by Crippen LogP contribution is -2.36. The first-order valence-electron chi connectivity index (χ1n) is 8.07. The molecule has 4 rings (SSSR count). The van der Waals surface area contributed by atoms with E-state index >= 15 is 0 Å². The first kappa shape index (κ1) is 14.1. The quantitative estimate of drug-likeness (QED) is 0.788. The van der Waals surface area contributed by atoms with Crippen molar-refractivity contribution < 1.29 is 0 Å². The number of pyridine rings is 1. The van der Waals surface area contributed by atoms with Gasteiger partial charge in [0.15, 0.2) is 5.65 Å². The molecule has 0 saturated carbocycles. The van der Waals surface area contributed by atoms with Gasteiger partial charge in [0.25, 0.3) is 0 Å². The van der Waals surface area contributed by atoms with Gasteiger partial charge in [-0.1, -0.05) is 0 Å². The molecule has 0 spiro atoms. The standard InChI is InChI=1S/C17H20N6/c1-11-9-12(2)20-17(19-11)23-8-4-5-13(10-23)15-14-6-3-7-18-16(14)22-21-15/h3,6-7,9,13H,4-5,8,10H2,1-2H3,(H,18,21,22)/t13-/m1/s1. The van der Waals surface area contributed by atoms with E-state index in [1.165, 1.54) is 5.69 Å². The van der Waals surface area contributed by atoms with Crippen molar-refractivity contribution in [3.05, 3.63) is 41.5 Å². The van der Waals surface area contributed by atoms with Gasteiger partial charge < -0.3 is 4.90 Å². The van der Waals surface area contributed by atoms with Crippen LogP contribution in [0.2, 0.25) is 0 Å². The molecule has 118 valence electrons. The molecular weight excluding hydrogens is 288 g/mol. The SMILES string of the molecule is Cc1cc(C)nc(N2CCC[C@@H](c3[nH]nc4ncccc34)C2)n1. The number of H-pyrrole nitrogens is 1. The third-order valence-corrected chi connectivity index (χ3v) is 4.44. The number of anilines is 1. The summed E-state index contributed by atoms with van der Waals surface area (Å²) in [5.74, 6) is 1.25. The molecule has 3 aromatic heterocycles. The highest BCUT2D eigenvalue weighted by Gasteiger charge is 2.26. The second-order valence-corrected chi connectivity index (χ2v) is 6.25. The maximum Gasteiger partial charge on any atom is 0.225 e. The predicted octanol–water partition coefficient (Wildman–Crippen LogP) is 2.75. The number of nitrogens with one attached hydrogen (secondary N) is 1. The fraction of sp³-hybridized carbons (Fsp3) is 0.412. The van der Waals surface area contributed by atoms with Crippen LogP contribution in [0, 0.1) is 13.8 Å². The molecule has 0 radical (unpaired) electrons. The first-order chi connectivity index (χ1) is 11.2. The van der Waals surface area contributed by atoms with Crippen molar-refractivity contribution in [2.45, 2.75) is 32.6 Å². The minimum absolute atomic E-state index is 0.405. The van der Waals surface area contributed by atoms with Crippen molar-refractivity contribution in [2.75, 3.05) is 18.0 Å². The fourth-order valence-electron chi connectivity index (χ4n) is 3.42. The zero-order valence-corrected chi connectivity index (χ0v) is 13.5. The number of piperidine rings is 1. The summed E-state index contributed by atoms with van der Waals surface area (Å²) in [7, 11) is 0. The van der Waals surface area contributed by atoms with Gasteiger partial charge in [-0.05, 0) is 44.9 Å². The molecule has 1 aliphatic heterocycles. The molecule has 23 heavy (non-hydrogen) atoms. The summed E-state index contributed by atoms with van der Waals surface area (Å²) in [6.45, 7) is 5.96. The van der Waals surface area contributed by atoms with Gasteiger partial charge in [-0.25, -0.2) is 15.0 Å². The van der Waals surface area contributed by atoms with E-state index < -0.39 is 0 Å². The Morgan fingerprint density at radius 2 is 2.04 bits per heavy atom. The molecule has 1 aliphatic rings. The average molecular weight is 308 g/mol. The molecule has 6 heteroatoms. The Morgan fingerprint density at radius 3 is 2.87 bits per heavy atom. The molecular formula is C17H20N6. The van der Waals surface area contributed by atoms with Crippen molar-refractivity contribution >= 4 is 17.0 Å². The Morgan fingerprint density at radius 1 is 1.22 bits per heavy atom. The van der Waals surface area contributed by atoms with Crippen molar-refractivity contribution in [3.63, 3.8) is 0 Å². The number of rotatable bonds is 2. The van der Waals surface area contributed by atoms with Crippen LogP contribution >= 0.6 is 0 Å². The van der Waals surface area contributed by atoms with Gasteiger partial charge in [0, 0.05) is 47.7 Å². The minimum Gasteiger partial charge on any atom is -0.340 e. The Kier molecular flexibility index (Phi) is 3.44. The Bertz CT molecular complexity index is 820. The van der Waals surface area contributed by atoms with Crippen LogP contribution in [-0.2, 0) is 0 Å². The Balaban J connectivity index is 1.64. The van der Waals surface area contributed by atoms with E-state index in [0.29, 0.717) is 5.92 Å². The summed E-state index contributed by atoms with van der Waals surface area (Å²) in [5, 5.41) is 8.66. The number of aromatic nitrogens is 5. The number of nitrogens with zero attached hydrogens (tertiary/aromatic N) is 5. The largest absolute Gasteiger partial charge is 0.340 e. The molecule has 3 aromatic rings. The van der Waals surface area contributed by atoms with Crippen LogP contribution in [0.25, 0.3) is 11.0 Å². The van der Waals surface area contributed by atoms with E-state index in [1.807, 2.05) is 26.0 Å². The molecule has 4 heterocycles. The normalized spacial score (nSPS) is 18.5. The van der Waals surface area contributed by atoms with Crippen LogP contribution in [0.4, 0.5) is 5.95 Å². The van der Waals surface area contributed by atoms with Crippen LogP contribution in [0.3, 0.4) is 0 Å². The van der Waals surface area contributed by atoms with E-state index in [9.17, 15) is 0 Å². The van der Waals surface area contributed by atoms with Crippen LogP contribution in [0.1, 0.15) is 35.8 Å². The molecule has 1 atom stereocenters. The number of hydrogen-bond acceptors (Lipinski definition) is 5. The summed E-state index contributed by atoms with van der Waals surface area (Å²) in [6.07, 6.45) is 4.05. The maximum atomic E-state index is 4.61. The fourth-order valence-corrected chi connectivity index (χ4v) is 3.42. The van der Waals surface area contributed by atoms with Crippen molar-refractivity contribution in [1.82, 2.24) is 25.1 Å². The molecule has 1 fully saturated rings. The molecule has 1 saturated heterocycles. The van der Waals surface area contributed by atoms with E-state index in [2.05, 4.69) is 36.1 Å². The number of aryl methyl sites for hydroxylation is 2. The lowest BCUT2D eigenvalue weighted by Gasteiger charge is -2.32. The van der Waals surface area contributed by atoms with E-state index in [0.717, 1.165) is 54.3 Å². The minimum atomic E-state index is 0.405. The highest BCUT2D eigenvalue weighted by Crippen LogP contribution is 2.31. The third-order valence-electron chi connectivity index (χ3n) is 4.44. The lowest BCUT2D eigenvalue weighted by molar-refractivity contribution is 0.496. The van der Waals surface area contributed by atoms with Gasteiger partial charge in [-0.3, -0.25) is 5.10 Å². The zero-order chi connectivity index (χ0) is 15.8. The highest BCUT2D eigenvalue weighted by atomic mass is 15.3. The number of fused-ring (bicyclic) bond motifs is 1. The summed E-state index contributed by atoms with van der Waals surface area (Å²) in [6, 6.07) is 6.07. The second kappa shape index (κ2) is 5.61. The van der Waals surface area contributed by atoms with Gasteiger partial charge in [0.1, 0.15) is 0 Å². The molecule has 6 nitrogen and oxygen atoms in total. The smallest absolute Gasteiger partial charge is 0.225 e. The molecule has 0 amide bonds. The van der Waals surface area contributed by atoms with Gasteiger partial charge in [-0.2, -0.15) is 5.10 Å². The second-order valence-electron chi connectivity index (χ2n) is 6.25. The zero-order valence-electron chi connectivity index (χ0n) is 13.5. The lowest BCUT2D eigenvalue weighted by atomic mass is 9.93. The van der Waals surface area contributed by atoms with Crippen molar-refractivity contribution in [1.29, 1.82) is 0 Å². The summed E-state index contributed by atoms with van der Waals surface area (Å²) in [5.41, 5.74) is 4.01. The Labute approximate surface area is 135 Å². The maximum absolute atomic E-state index is 4.61. The summed E-state index contributed by atoms with van der Waals surface area (Å²) >= 11 is 0. The van der Waals surface area contributed by atoms with E-state index in [-0.39, 0.29) is 0 Å². The monoisotopic (exact) mass is 308 g/mol. The predicted molar refractivity (Wildman–Crippen MR) is 89.6 cm³/mol.